The van der Waals surface area contributed by atoms with Gasteiger partial charge in [0.1, 0.15) is 17.3 Å². The minimum atomic E-state index is -0.379. The second-order valence-electron chi connectivity index (χ2n) is 4.29. The van der Waals surface area contributed by atoms with E-state index in [2.05, 4.69) is 9.97 Å². The van der Waals surface area contributed by atoms with Gasteiger partial charge in [-0.05, 0) is 30.3 Å². The van der Waals surface area contributed by atoms with Gasteiger partial charge in [-0.3, -0.25) is 0 Å². The lowest BCUT2D eigenvalue weighted by molar-refractivity contribution is 0.415. The van der Waals surface area contributed by atoms with Crippen LogP contribution in [0.2, 0.25) is 0 Å². The van der Waals surface area contributed by atoms with Crippen molar-refractivity contribution in [2.24, 2.45) is 0 Å². The summed E-state index contributed by atoms with van der Waals surface area (Å²) in [5, 5.41) is 0. The number of hydrogen-bond donors (Lipinski definition) is 1. The Balaban J connectivity index is 2.28. The van der Waals surface area contributed by atoms with E-state index < -0.39 is 0 Å². The van der Waals surface area contributed by atoms with Gasteiger partial charge in [0.15, 0.2) is 5.82 Å². The summed E-state index contributed by atoms with van der Waals surface area (Å²) in [6, 6.07) is 11.6. The third-order valence-corrected chi connectivity index (χ3v) is 3.01. The average molecular weight is 269 g/mol. The molecule has 0 amide bonds. The van der Waals surface area contributed by atoms with Crippen molar-refractivity contribution >= 4 is 16.9 Å². The summed E-state index contributed by atoms with van der Waals surface area (Å²) in [6.07, 6.45) is 0. The molecule has 0 fully saturated rings. The van der Waals surface area contributed by atoms with Gasteiger partial charge >= 0.3 is 0 Å². The Bertz CT molecular complexity index is 789. The molecule has 0 aliphatic carbocycles. The number of nitrogens with two attached hydrogens (primary N) is 1. The van der Waals surface area contributed by atoms with Crippen LogP contribution >= 0.6 is 0 Å². The Labute approximate surface area is 115 Å². The summed E-state index contributed by atoms with van der Waals surface area (Å²) in [7, 11) is 1.52. The van der Waals surface area contributed by atoms with Crippen molar-refractivity contribution in [1.29, 1.82) is 0 Å². The van der Waals surface area contributed by atoms with Gasteiger partial charge in [-0.25, -0.2) is 14.4 Å². The van der Waals surface area contributed by atoms with E-state index in [-0.39, 0.29) is 11.6 Å². The standard InChI is InChI=1S/C15H12FN3O/c1-20-13-7-6-9(16)8-10(13)14-15(17)19-12-5-3-2-4-11(12)18-14/h2-8H,1H3,(H2,17,19). The number of hydrogen-bond acceptors (Lipinski definition) is 4. The Morgan fingerprint density at radius 2 is 1.75 bits per heavy atom. The second kappa shape index (κ2) is 4.77. The van der Waals surface area contributed by atoms with Crippen molar-refractivity contribution in [3.63, 3.8) is 0 Å². The van der Waals surface area contributed by atoms with Gasteiger partial charge in [0.25, 0.3) is 0 Å². The largest absolute Gasteiger partial charge is 0.496 e. The first-order valence-electron chi connectivity index (χ1n) is 6.05. The molecule has 20 heavy (non-hydrogen) atoms. The van der Waals surface area contributed by atoms with Crippen LogP contribution in [0.15, 0.2) is 42.5 Å². The summed E-state index contributed by atoms with van der Waals surface area (Å²) in [5.74, 6) is 0.366. The first kappa shape index (κ1) is 12.3. The summed E-state index contributed by atoms with van der Waals surface area (Å²) < 4.78 is 18.7. The molecule has 4 nitrogen and oxygen atoms in total. The van der Waals surface area contributed by atoms with Crippen LogP contribution in [-0.2, 0) is 0 Å². The van der Waals surface area contributed by atoms with Crippen LogP contribution in [0.1, 0.15) is 0 Å². The van der Waals surface area contributed by atoms with E-state index in [9.17, 15) is 4.39 Å². The first-order valence-corrected chi connectivity index (χ1v) is 6.05. The molecule has 2 N–H and O–H groups in total. The topological polar surface area (TPSA) is 61.0 Å². The van der Waals surface area contributed by atoms with E-state index in [4.69, 9.17) is 10.5 Å². The fourth-order valence-corrected chi connectivity index (χ4v) is 2.08. The Hall–Kier alpha value is -2.69. The number of ether oxygens (including phenoxy) is 1. The van der Waals surface area contributed by atoms with Crippen LogP contribution in [0.3, 0.4) is 0 Å². The van der Waals surface area contributed by atoms with Gasteiger partial charge in [0, 0.05) is 5.56 Å². The molecular formula is C15H12FN3O. The molecule has 3 rings (SSSR count). The highest BCUT2D eigenvalue weighted by Gasteiger charge is 2.14. The maximum absolute atomic E-state index is 13.5. The van der Waals surface area contributed by atoms with E-state index in [0.717, 1.165) is 0 Å². The van der Waals surface area contributed by atoms with Gasteiger partial charge in [-0.1, -0.05) is 12.1 Å². The van der Waals surface area contributed by atoms with Crippen LogP contribution in [-0.4, -0.2) is 17.1 Å². The van der Waals surface area contributed by atoms with Gasteiger partial charge in [-0.15, -0.1) is 0 Å². The molecule has 2 aromatic carbocycles. The Kier molecular flexibility index (Phi) is 2.95. The SMILES string of the molecule is COc1ccc(F)cc1-c1nc2ccccc2nc1N. The smallest absolute Gasteiger partial charge is 0.150 e. The highest BCUT2D eigenvalue weighted by Crippen LogP contribution is 2.33. The van der Waals surface area contributed by atoms with Crippen molar-refractivity contribution in [2.45, 2.75) is 0 Å². The second-order valence-corrected chi connectivity index (χ2v) is 4.29. The predicted octanol–water partition coefficient (Wildman–Crippen LogP) is 3.03. The summed E-state index contributed by atoms with van der Waals surface area (Å²) >= 11 is 0. The van der Waals surface area contributed by atoms with Gasteiger partial charge in [0.2, 0.25) is 0 Å². The van der Waals surface area contributed by atoms with Crippen molar-refractivity contribution < 1.29 is 9.13 Å². The number of anilines is 1. The summed E-state index contributed by atoms with van der Waals surface area (Å²) in [4.78, 5) is 8.75. The third kappa shape index (κ3) is 2.03. The fourth-order valence-electron chi connectivity index (χ4n) is 2.08. The molecule has 1 heterocycles. The number of nitrogens with zero attached hydrogens (tertiary/aromatic N) is 2. The highest BCUT2D eigenvalue weighted by atomic mass is 19.1. The summed E-state index contributed by atoms with van der Waals surface area (Å²) in [5.41, 5.74) is 8.24. The van der Waals surface area contributed by atoms with Crippen molar-refractivity contribution in [3.05, 3.63) is 48.3 Å². The van der Waals surface area contributed by atoms with E-state index in [0.29, 0.717) is 28.0 Å². The number of nitrogen functional groups attached to an aromatic ring is 1. The molecule has 100 valence electrons. The number of fused-ring (bicyclic) bond motifs is 1. The number of halogens is 1. The van der Waals surface area contributed by atoms with Crippen molar-refractivity contribution in [1.82, 2.24) is 9.97 Å². The molecule has 0 atom stereocenters. The van der Waals surface area contributed by atoms with Crippen LogP contribution in [0.4, 0.5) is 10.2 Å². The lowest BCUT2D eigenvalue weighted by atomic mass is 10.1. The average Bonchev–Trinajstić information content (AvgIpc) is 2.46. The maximum Gasteiger partial charge on any atom is 0.150 e. The van der Waals surface area contributed by atoms with E-state index in [1.807, 2.05) is 24.3 Å². The van der Waals surface area contributed by atoms with Crippen LogP contribution in [0.25, 0.3) is 22.3 Å². The molecule has 0 saturated heterocycles. The van der Waals surface area contributed by atoms with Crippen molar-refractivity contribution in [2.75, 3.05) is 12.8 Å². The Morgan fingerprint density at radius 3 is 2.45 bits per heavy atom. The number of aromatic nitrogens is 2. The molecule has 0 aliphatic rings. The molecule has 0 radical (unpaired) electrons. The number of benzene rings is 2. The molecule has 1 aromatic heterocycles. The summed E-state index contributed by atoms with van der Waals surface area (Å²) in [6.45, 7) is 0. The van der Waals surface area contributed by atoms with Gasteiger partial charge in [0.05, 0.1) is 18.1 Å². The number of rotatable bonds is 2. The molecule has 0 saturated carbocycles. The predicted molar refractivity (Wildman–Crippen MR) is 75.9 cm³/mol. The highest BCUT2D eigenvalue weighted by molar-refractivity contribution is 5.84. The quantitative estimate of drug-likeness (QED) is 0.776. The van der Waals surface area contributed by atoms with Crippen molar-refractivity contribution in [3.8, 4) is 17.0 Å². The van der Waals surface area contributed by atoms with Gasteiger partial charge < -0.3 is 10.5 Å². The lowest BCUT2D eigenvalue weighted by Gasteiger charge is -2.10. The molecule has 0 unspecified atom stereocenters. The monoisotopic (exact) mass is 269 g/mol. The van der Waals surface area contributed by atoms with Crippen LogP contribution in [0.5, 0.6) is 5.75 Å². The molecule has 0 bridgehead atoms. The first-order chi connectivity index (χ1) is 9.69. The molecule has 3 aromatic rings. The van der Waals surface area contributed by atoms with E-state index in [1.165, 1.54) is 19.2 Å². The zero-order chi connectivity index (χ0) is 14.1. The lowest BCUT2D eigenvalue weighted by Crippen LogP contribution is -2.00. The maximum atomic E-state index is 13.5. The zero-order valence-corrected chi connectivity index (χ0v) is 10.8. The third-order valence-electron chi connectivity index (χ3n) is 3.01. The number of para-hydroxylation sites is 2. The van der Waals surface area contributed by atoms with Crippen LogP contribution in [0, 0.1) is 5.82 Å². The van der Waals surface area contributed by atoms with Crippen LogP contribution < -0.4 is 10.5 Å². The molecular weight excluding hydrogens is 257 g/mol. The fraction of sp³-hybridized carbons (Fsp3) is 0.0667. The normalized spacial score (nSPS) is 10.7. The minimum absolute atomic E-state index is 0.243. The van der Waals surface area contributed by atoms with Gasteiger partial charge in [-0.2, -0.15) is 0 Å². The van der Waals surface area contributed by atoms with E-state index >= 15 is 0 Å². The zero-order valence-electron chi connectivity index (χ0n) is 10.8. The molecule has 5 heteroatoms. The number of methoxy groups -OCH3 is 1. The molecule has 0 aliphatic heterocycles. The molecule has 0 spiro atoms. The minimum Gasteiger partial charge on any atom is -0.496 e. The Morgan fingerprint density at radius 1 is 1.05 bits per heavy atom. The van der Waals surface area contributed by atoms with E-state index in [1.54, 1.807) is 6.07 Å².